The van der Waals surface area contributed by atoms with Crippen molar-refractivity contribution < 1.29 is 41.5 Å². The summed E-state index contributed by atoms with van der Waals surface area (Å²) in [7, 11) is -0.261. The molecule has 2 saturated heterocycles. The van der Waals surface area contributed by atoms with E-state index in [2.05, 4.69) is 29.9 Å². The van der Waals surface area contributed by atoms with E-state index >= 15 is 8.78 Å². The van der Waals surface area contributed by atoms with E-state index in [0.29, 0.717) is 62.8 Å². The lowest BCUT2D eigenvalue weighted by molar-refractivity contribution is -0.103. The highest BCUT2D eigenvalue weighted by Gasteiger charge is 2.55. The molecule has 0 saturated carbocycles. The summed E-state index contributed by atoms with van der Waals surface area (Å²) in [6, 6.07) is 24.7. The normalized spacial score (nSPS) is 24.6. The molecule has 0 spiro atoms. The summed E-state index contributed by atoms with van der Waals surface area (Å²) in [6.07, 6.45) is -2.93. The van der Waals surface area contributed by atoms with Crippen molar-refractivity contribution in [3.63, 3.8) is 0 Å². The number of benzene rings is 3. The van der Waals surface area contributed by atoms with Gasteiger partial charge in [-0.2, -0.15) is 0 Å². The van der Waals surface area contributed by atoms with Gasteiger partial charge in [0.15, 0.2) is 49.8 Å². The smallest absolute Gasteiger partial charge is 0.191 e. The number of nitrogens with zero attached hydrogens (tertiary/aromatic N) is 8. The standard InChI is InChI=1S/C45H50BF2N8O7P/c1-7-33-35(47)40(44(60-33)56-25-54-38-27(3)50-23-52-42(38)56)63-64(6,46)59-21-34-39(36(48)43(61-34)55-24-53-37-26(2)49-22-51-41(37)55)62-45(28-11-9-8-10-12-28,29-13-17-31(57-4)18-14-29)30-15-19-32(58-5)20-16-30/h8-20,22-25,33-36,39-40,43-44H,7,21H2,1-6,46H3/t33?,34-,35+,36+,39?,40?,43-,44?,64?/m1/s1. The molecule has 6 heterocycles. The number of ether oxygens (including phenoxy) is 5. The van der Waals surface area contributed by atoms with Gasteiger partial charge in [-0.1, -0.05) is 61.5 Å². The molecule has 0 aliphatic carbocycles. The third-order valence-corrected chi connectivity index (χ3v) is 12.8. The molecular formula is C45H50BF2N8O7P. The van der Waals surface area contributed by atoms with Gasteiger partial charge >= 0.3 is 0 Å². The van der Waals surface area contributed by atoms with Crippen LogP contribution < -0.4 is 9.47 Å². The lowest BCUT2D eigenvalue weighted by Gasteiger charge is -2.39. The zero-order chi connectivity index (χ0) is 44.8. The number of aryl methyl sites for hydroxylation is 2. The number of hydrogen-bond donors (Lipinski definition) is 0. The van der Waals surface area contributed by atoms with Gasteiger partial charge in [-0.3, -0.25) is 13.7 Å². The topological polar surface area (TPSA) is 152 Å². The molecule has 0 radical (unpaired) electrons. The van der Waals surface area contributed by atoms with Gasteiger partial charge in [0, 0.05) is 0 Å². The van der Waals surface area contributed by atoms with Crippen molar-refractivity contribution in [3.05, 3.63) is 132 Å². The molecule has 3 aromatic carbocycles. The first-order chi connectivity index (χ1) is 31.0. The highest BCUT2D eigenvalue weighted by atomic mass is 31.2. The molecule has 9 rings (SSSR count). The average Bonchev–Trinajstić information content (AvgIpc) is 4.09. The van der Waals surface area contributed by atoms with Crippen molar-refractivity contribution in [2.75, 3.05) is 27.5 Å². The minimum Gasteiger partial charge on any atom is -0.497 e. The van der Waals surface area contributed by atoms with E-state index in [0.717, 1.165) is 5.56 Å². The van der Waals surface area contributed by atoms with Crippen LogP contribution in [0.5, 0.6) is 11.5 Å². The maximum absolute atomic E-state index is 17.9. The summed E-state index contributed by atoms with van der Waals surface area (Å²) < 4.78 is 82.8. The Morgan fingerprint density at radius 1 is 0.672 bits per heavy atom. The Bertz CT molecular complexity index is 2670. The number of halogens is 2. The van der Waals surface area contributed by atoms with Crippen molar-refractivity contribution in [2.24, 2.45) is 0 Å². The molecule has 0 N–H and O–H groups in total. The predicted octanol–water partition coefficient (Wildman–Crippen LogP) is 6.72. The molecule has 15 nitrogen and oxygen atoms in total. The van der Waals surface area contributed by atoms with Crippen molar-refractivity contribution in [2.45, 2.75) is 82.0 Å². The minimum atomic E-state index is -2.70. The van der Waals surface area contributed by atoms with E-state index in [9.17, 15) is 0 Å². The average molecular weight is 895 g/mol. The fourth-order valence-electron chi connectivity index (χ4n) is 8.47. The third-order valence-electron chi connectivity index (χ3n) is 11.7. The van der Waals surface area contributed by atoms with E-state index in [1.165, 1.54) is 19.0 Å². The molecule has 0 amide bonds. The van der Waals surface area contributed by atoms with Crippen LogP contribution >= 0.6 is 7.59 Å². The Morgan fingerprint density at radius 3 is 1.72 bits per heavy atom. The van der Waals surface area contributed by atoms with Gasteiger partial charge in [0.2, 0.25) is 0 Å². The first kappa shape index (κ1) is 43.8. The van der Waals surface area contributed by atoms with Crippen LogP contribution in [0.1, 0.15) is 53.9 Å². The Labute approximate surface area is 370 Å². The van der Waals surface area contributed by atoms with Crippen LogP contribution in [-0.4, -0.2) is 111 Å². The number of alkyl halides is 2. The van der Waals surface area contributed by atoms with Crippen LogP contribution in [0.2, 0.25) is 0 Å². The van der Waals surface area contributed by atoms with Crippen molar-refractivity contribution in [1.82, 2.24) is 39.0 Å². The van der Waals surface area contributed by atoms with E-state index in [4.69, 9.17) is 32.7 Å². The maximum Gasteiger partial charge on any atom is 0.191 e. The van der Waals surface area contributed by atoms with Crippen LogP contribution in [0.25, 0.3) is 22.3 Å². The summed E-state index contributed by atoms with van der Waals surface area (Å²) in [5.41, 5.74) is 4.14. The molecule has 64 heavy (non-hydrogen) atoms. The Balaban J connectivity index is 1.10. The monoisotopic (exact) mass is 894 g/mol. The van der Waals surface area contributed by atoms with Gasteiger partial charge in [0.25, 0.3) is 0 Å². The molecule has 19 heteroatoms. The highest BCUT2D eigenvalue weighted by molar-refractivity contribution is 7.89. The Kier molecular flexibility index (Phi) is 12.2. The van der Waals surface area contributed by atoms with Crippen LogP contribution in [0, 0.1) is 13.8 Å². The van der Waals surface area contributed by atoms with E-state index in [1.807, 2.05) is 106 Å². The Hall–Kier alpha value is -5.49. The first-order valence-corrected chi connectivity index (χ1v) is 22.2. The third kappa shape index (κ3) is 7.90. The fraction of sp³-hybridized carbons (Fsp3) is 0.378. The number of methoxy groups -OCH3 is 2. The van der Waals surface area contributed by atoms with Gasteiger partial charge in [0.1, 0.15) is 59.6 Å². The summed E-state index contributed by atoms with van der Waals surface area (Å²) in [5, 5.41) is 0. The minimum absolute atomic E-state index is 0.126. The van der Waals surface area contributed by atoms with E-state index < -0.39 is 70.0 Å². The number of hydrogen-bond acceptors (Lipinski definition) is 13. The largest absolute Gasteiger partial charge is 0.497 e. The molecule has 2 aliphatic heterocycles. The van der Waals surface area contributed by atoms with Crippen molar-refractivity contribution in [1.29, 1.82) is 0 Å². The number of fused-ring (bicyclic) bond motifs is 2. The first-order valence-electron chi connectivity index (χ1n) is 20.6. The fourth-order valence-corrected chi connectivity index (χ4v) is 9.45. The van der Waals surface area contributed by atoms with Crippen LogP contribution in [-0.2, 0) is 28.9 Å². The van der Waals surface area contributed by atoms with E-state index in [-0.39, 0.29) is 6.61 Å². The molecule has 9 atom stereocenters. The summed E-state index contributed by atoms with van der Waals surface area (Å²) in [5.74, 6) is 1.28. The maximum atomic E-state index is 17.9. The van der Waals surface area contributed by atoms with Crippen LogP contribution in [0.3, 0.4) is 0 Å². The molecular weight excluding hydrogens is 844 g/mol. The second kappa shape index (κ2) is 17.8. The van der Waals surface area contributed by atoms with Gasteiger partial charge in [0.05, 0.1) is 58.6 Å². The van der Waals surface area contributed by atoms with Crippen molar-refractivity contribution >= 4 is 37.5 Å². The molecule has 5 unspecified atom stereocenters. The van der Waals surface area contributed by atoms with Crippen LogP contribution in [0.4, 0.5) is 8.78 Å². The molecule has 334 valence electrons. The molecule has 7 aromatic rings. The SMILES string of the molecule is [BH3-][P+](C)(OC[C@H]1O[C@@H](n2cnc3c(C)ncnc32)[C@@H](F)C1OC(c1ccccc1)(c1ccc(OC)cc1)c1ccc(OC)cc1)OC1C(n2cnc3c(C)ncnc32)OC(CC)[C@@H]1F. The second-order valence-electron chi connectivity index (χ2n) is 15.4. The van der Waals surface area contributed by atoms with Gasteiger partial charge < -0.3 is 23.7 Å². The summed E-state index contributed by atoms with van der Waals surface area (Å²) in [4.78, 5) is 26.5. The number of aromatic nitrogens is 8. The zero-order valence-corrected chi connectivity index (χ0v) is 36.4. The molecule has 2 aliphatic rings. The zero-order valence-electron chi connectivity index (χ0n) is 35.5. The summed E-state index contributed by atoms with van der Waals surface area (Å²) in [6.45, 7) is 7.30. The Morgan fingerprint density at radius 2 is 1.19 bits per heavy atom. The van der Waals surface area contributed by atoms with Crippen LogP contribution in [0.15, 0.2) is 104 Å². The highest BCUT2D eigenvalue weighted by Crippen LogP contribution is 2.58. The predicted molar refractivity (Wildman–Crippen MR) is 239 cm³/mol. The lowest BCUT2D eigenvalue weighted by atomic mass is 9.79. The molecule has 2 fully saturated rings. The van der Waals surface area contributed by atoms with Gasteiger partial charge in [-0.05, 0) is 61.2 Å². The lowest BCUT2D eigenvalue weighted by Crippen LogP contribution is -2.44. The number of imidazole rings is 2. The quantitative estimate of drug-likeness (QED) is 0.0609. The van der Waals surface area contributed by atoms with E-state index in [1.54, 1.807) is 29.7 Å². The summed E-state index contributed by atoms with van der Waals surface area (Å²) >= 11 is 0. The van der Waals surface area contributed by atoms with Gasteiger partial charge in [-0.15, -0.1) is 0 Å². The molecule has 4 aromatic heterocycles. The second-order valence-corrected chi connectivity index (χ2v) is 16.7. The number of rotatable bonds is 15. The molecule has 0 bridgehead atoms. The van der Waals surface area contributed by atoms with Gasteiger partial charge in [-0.25, -0.2) is 43.2 Å². The van der Waals surface area contributed by atoms with Crippen molar-refractivity contribution in [3.8, 4) is 11.5 Å².